The van der Waals surface area contributed by atoms with Crippen LogP contribution in [-0.4, -0.2) is 4.98 Å². The first kappa shape index (κ1) is 13.7. The van der Waals surface area contributed by atoms with Gasteiger partial charge in [0.25, 0.3) is 0 Å². The second kappa shape index (κ2) is 6.42. The van der Waals surface area contributed by atoms with Gasteiger partial charge in [0, 0.05) is 11.9 Å². The molecule has 0 spiro atoms. The Balaban J connectivity index is 1.84. The van der Waals surface area contributed by atoms with Crippen LogP contribution in [0, 0.1) is 0 Å². The zero-order chi connectivity index (χ0) is 14.5. The van der Waals surface area contributed by atoms with E-state index in [-0.39, 0.29) is 0 Å². The Hall–Kier alpha value is -2.32. The molecule has 0 radical (unpaired) electrons. The molecule has 3 heteroatoms. The first-order valence-electron chi connectivity index (χ1n) is 6.82. The molecule has 0 saturated carbocycles. The van der Waals surface area contributed by atoms with E-state index in [0.29, 0.717) is 5.02 Å². The molecule has 0 unspecified atom stereocenters. The summed E-state index contributed by atoms with van der Waals surface area (Å²) in [4.78, 5) is 4.28. The summed E-state index contributed by atoms with van der Waals surface area (Å²) in [5.41, 5.74) is 3.59. The first-order valence-corrected chi connectivity index (χ1v) is 7.19. The molecule has 21 heavy (non-hydrogen) atoms. The summed E-state index contributed by atoms with van der Waals surface area (Å²) >= 11 is 5.86. The summed E-state index contributed by atoms with van der Waals surface area (Å²) in [6, 6.07) is 22.4. The predicted octanol–water partition coefficient (Wildman–Crippen LogP) is 5.07. The van der Waals surface area contributed by atoms with Gasteiger partial charge in [0.2, 0.25) is 0 Å². The minimum absolute atomic E-state index is 0.637. The van der Waals surface area contributed by atoms with Crippen molar-refractivity contribution in [3.05, 3.63) is 89.1 Å². The van der Waals surface area contributed by atoms with E-state index in [2.05, 4.69) is 52.8 Å². The van der Waals surface area contributed by atoms with E-state index in [1.807, 2.05) is 24.3 Å². The van der Waals surface area contributed by atoms with Gasteiger partial charge in [-0.1, -0.05) is 60.1 Å². The molecule has 0 aliphatic heterocycles. The van der Waals surface area contributed by atoms with Gasteiger partial charge in [-0.25, -0.2) is 4.98 Å². The number of hydrogen-bond acceptors (Lipinski definition) is 2. The van der Waals surface area contributed by atoms with Crippen LogP contribution >= 0.6 is 11.6 Å². The molecule has 3 rings (SSSR count). The van der Waals surface area contributed by atoms with Crippen LogP contribution in [0.15, 0.2) is 72.9 Å². The molecule has 0 saturated heterocycles. The van der Waals surface area contributed by atoms with Crippen LogP contribution in [0.5, 0.6) is 0 Å². The molecule has 0 aliphatic carbocycles. The molecule has 0 fully saturated rings. The van der Waals surface area contributed by atoms with Gasteiger partial charge in [-0.05, 0) is 35.7 Å². The third-order valence-electron chi connectivity index (χ3n) is 3.24. The lowest BCUT2D eigenvalue weighted by Crippen LogP contribution is -1.98. The standard InChI is InChI=1S/C18H15ClN2/c19-16-10-11-18(20-13-16)21-17-9-5-4-8-15(17)12-14-6-2-1-3-7-14/h1-11,13H,12H2,(H,20,21). The van der Waals surface area contributed by atoms with Crippen molar-refractivity contribution in [3.8, 4) is 0 Å². The second-order valence-electron chi connectivity index (χ2n) is 4.81. The number of aromatic nitrogens is 1. The van der Waals surface area contributed by atoms with Gasteiger partial charge in [0.05, 0.1) is 5.02 Å². The van der Waals surface area contributed by atoms with E-state index >= 15 is 0 Å². The van der Waals surface area contributed by atoms with E-state index in [1.54, 1.807) is 6.20 Å². The van der Waals surface area contributed by atoms with Gasteiger partial charge < -0.3 is 5.32 Å². The van der Waals surface area contributed by atoms with Gasteiger partial charge in [0.15, 0.2) is 0 Å². The quantitative estimate of drug-likeness (QED) is 0.726. The minimum atomic E-state index is 0.637. The number of hydrogen-bond donors (Lipinski definition) is 1. The van der Waals surface area contributed by atoms with Crippen LogP contribution in [0.25, 0.3) is 0 Å². The van der Waals surface area contributed by atoms with Crippen LogP contribution in [0.4, 0.5) is 11.5 Å². The number of para-hydroxylation sites is 1. The number of pyridine rings is 1. The fraction of sp³-hybridized carbons (Fsp3) is 0.0556. The van der Waals surface area contributed by atoms with Crippen LogP contribution in [0.1, 0.15) is 11.1 Å². The highest BCUT2D eigenvalue weighted by atomic mass is 35.5. The average molecular weight is 295 g/mol. The van der Waals surface area contributed by atoms with Crippen molar-refractivity contribution in [1.82, 2.24) is 4.98 Å². The van der Waals surface area contributed by atoms with Crippen LogP contribution in [-0.2, 0) is 6.42 Å². The summed E-state index contributed by atoms with van der Waals surface area (Å²) < 4.78 is 0. The summed E-state index contributed by atoms with van der Waals surface area (Å²) in [6.45, 7) is 0. The summed E-state index contributed by atoms with van der Waals surface area (Å²) in [7, 11) is 0. The highest BCUT2D eigenvalue weighted by molar-refractivity contribution is 6.30. The number of benzene rings is 2. The largest absolute Gasteiger partial charge is 0.340 e. The molecule has 0 atom stereocenters. The molecular formula is C18H15ClN2. The molecule has 3 aromatic rings. The number of nitrogens with zero attached hydrogens (tertiary/aromatic N) is 1. The van der Waals surface area contributed by atoms with Gasteiger partial charge in [-0.3, -0.25) is 0 Å². The maximum Gasteiger partial charge on any atom is 0.130 e. The van der Waals surface area contributed by atoms with Crippen molar-refractivity contribution in [2.75, 3.05) is 5.32 Å². The number of rotatable bonds is 4. The lowest BCUT2D eigenvalue weighted by Gasteiger charge is -2.11. The fourth-order valence-electron chi connectivity index (χ4n) is 2.20. The second-order valence-corrected chi connectivity index (χ2v) is 5.24. The maximum absolute atomic E-state index is 5.86. The number of anilines is 2. The van der Waals surface area contributed by atoms with Crippen molar-refractivity contribution in [2.24, 2.45) is 0 Å². The van der Waals surface area contributed by atoms with E-state index in [1.165, 1.54) is 11.1 Å². The molecule has 0 amide bonds. The van der Waals surface area contributed by atoms with Crippen LogP contribution < -0.4 is 5.32 Å². The fourth-order valence-corrected chi connectivity index (χ4v) is 2.31. The number of halogens is 1. The average Bonchev–Trinajstić information content (AvgIpc) is 2.52. The SMILES string of the molecule is Clc1ccc(Nc2ccccc2Cc2ccccc2)nc1. The van der Waals surface area contributed by atoms with Crippen LogP contribution in [0.3, 0.4) is 0 Å². The van der Waals surface area contributed by atoms with Gasteiger partial charge in [-0.15, -0.1) is 0 Å². The van der Waals surface area contributed by atoms with E-state index in [9.17, 15) is 0 Å². The Morgan fingerprint density at radius 2 is 1.62 bits per heavy atom. The van der Waals surface area contributed by atoms with E-state index in [4.69, 9.17) is 11.6 Å². The molecule has 1 N–H and O–H groups in total. The van der Waals surface area contributed by atoms with Crippen molar-refractivity contribution in [1.29, 1.82) is 0 Å². The van der Waals surface area contributed by atoms with Crippen molar-refractivity contribution < 1.29 is 0 Å². The van der Waals surface area contributed by atoms with Crippen molar-refractivity contribution in [2.45, 2.75) is 6.42 Å². The number of nitrogens with one attached hydrogen (secondary N) is 1. The van der Waals surface area contributed by atoms with E-state index in [0.717, 1.165) is 17.9 Å². The van der Waals surface area contributed by atoms with Gasteiger partial charge >= 0.3 is 0 Å². The molecule has 1 heterocycles. The topological polar surface area (TPSA) is 24.9 Å². The molecule has 0 bridgehead atoms. The lowest BCUT2D eigenvalue weighted by molar-refractivity contribution is 1.19. The predicted molar refractivity (Wildman–Crippen MR) is 88.2 cm³/mol. The molecule has 1 aromatic heterocycles. The highest BCUT2D eigenvalue weighted by Gasteiger charge is 2.04. The monoisotopic (exact) mass is 294 g/mol. The smallest absolute Gasteiger partial charge is 0.130 e. The first-order chi connectivity index (χ1) is 10.3. The zero-order valence-electron chi connectivity index (χ0n) is 11.5. The Labute approximate surface area is 129 Å². The van der Waals surface area contributed by atoms with Crippen molar-refractivity contribution in [3.63, 3.8) is 0 Å². The Bertz CT molecular complexity index is 709. The highest BCUT2D eigenvalue weighted by Crippen LogP contribution is 2.22. The van der Waals surface area contributed by atoms with E-state index < -0.39 is 0 Å². The van der Waals surface area contributed by atoms with Crippen LogP contribution in [0.2, 0.25) is 5.02 Å². The Morgan fingerprint density at radius 1 is 0.857 bits per heavy atom. The summed E-state index contributed by atoms with van der Waals surface area (Å²) in [6.07, 6.45) is 2.53. The van der Waals surface area contributed by atoms with Gasteiger partial charge in [0.1, 0.15) is 5.82 Å². The minimum Gasteiger partial charge on any atom is -0.340 e. The third-order valence-corrected chi connectivity index (χ3v) is 3.47. The van der Waals surface area contributed by atoms with Gasteiger partial charge in [-0.2, -0.15) is 0 Å². The summed E-state index contributed by atoms with van der Waals surface area (Å²) in [5, 5.41) is 3.99. The molecular weight excluding hydrogens is 280 g/mol. The Kier molecular flexibility index (Phi) is 4.17. The van der Waals surface area contributed by atoms with Crippen molar-refractivity contribution >= 4 is 23.1 Å². The lowest BCUT2D eigenvalue weighted by atomic mass is 10.0. The molecule has 0 aliphatic rings. The molecule has 2 nitrogen and oxygen atoms in total. The zero-order valence-corrected chi connectivity index (χ0v) is 12.2. The third kappa shape index (κ3) is 3.61. The Morgan fingerprint density at radius 3 is 2.38 bits per heavy atom. The normalized spacial score (nSPS) is 10.3. The molecule has 104 valence electrons. The maximum atomic E-state index is 5.86. The molecule has 2 aromatic carbocycles. The summed E-state index contributed by atoms with van der Waals surface area (Å²) in [5.74, 6) is 0.792.